The average Bonchev–Trinajstić information content (AvgIpc) is 2.89. The van der Waals surface area contributed by atoms with E-state index in [1.54, 1.807) is 17.8 Å². The summed E-state index contributed by atoms with van der Waals surface area (Å²) in [5, 5.41) is 6.00. The Morgan fingerprint density at radius 1 is 1.53 bits per heavy atom. The Morgan fingerprint density at radius 3 is 2.87 bits per heavy atom. The third-order valence-corrected chi connectivity index (χ3v) is 3.14. The van der Waals surface area contributed by atoms with Crippen molar-refractivity contribution < 1.29 is 9.59 Å². The van der Waals surface area contributed by atoms with Gasteiger partial charge in [0.15, 0.2) is 6.29 Å². The van der Waals surface area contributed by atoms with Gasteiger partial charge in [0.05, 0.1) is 11.4 Å². The highest BCUT2D eigenvalue weighted by Gasteiger charge is 2.53. The lowest BCUT2D eigenvalue weighted by molar-refractivity contribution is -0.117. The fourth-order valence-corrected chi connectivity index (χ4v) is 2.03. The molecule has 1 saturated carbocycles. The maximum Gasteiger partial charge on any atom is 0.250 e. The number of carbonyl (C=O) groups excluding carboxylic acids is 2. The molecule has 1 amide bonds. The molecule has 1 aliphatic carbocycles. The molecule has 2 aliphatic rings. The Bertz CT molecular complexity index is 471. The molecule has 1 spiro atoms. The quantitative estimate of drug-likeness (QED) is 0.664. The first kappa shape index (κ1) is 8.52. The Hall–Kier alpha value is -1.78. The van der Waals surface area contributed by atoms with Gasteiger partial charge in [0.25, 0.3) is 0 Å². The van der Waals surface area contributed by atoms with E-state index >= 15 is 0 Å². The zero-order valence-corrected chi connectivity index (χ0v) is 8.33. The van der Waals surface area contributed by atoms with Crippen molar-refractivity contribution in [2.24, 2.45) is 7.05 Å². The number of fused-ring (bicyclic) bond motifs is 1. The van der Waals surface area contributed by atoms with Gasteiger partial charge in [-0.3, -0.25) is 9.59 Å². The molecule has 0 saturated heterocycles. The molecule has 1 aromatic heterocycles. The fourth-order valence-electron chi connectivity index (χ4n) is 2.03. The lowest BCUT2D eigenvalue weighted by Gasteiger charge is -2.24. The minimum Gasteiger partial charge on any atom is -0.368 e. The van der Waals surface area contributed by atoms with Gasteiger partial charge in [-0.1, -0.05) is 0 Å². The standard InChI is InChI=1S/C10H11N3O2/c1-13-4-6-8(7(13)5-14)12-10(2-3-10)9(15)11-6/h4-5,12H,2-3H2,1H3,(H,11,15). The largest absolute Gasteiger partial charge is 0.368 e. The van der Waals surface area contributed by atoms with Gasteiger partial charge in [0.2, 0.25) is 5.91 Å². The molecule has 1 aromatic rings. The summed E-state index contributed by atoms with van der Waals surface area (Å²) in [5.74, 6) is 0.0121. The molecule has 0 bridgehead atoms. The highest BCUT2D eigenvalue weighted by Crippen LogP contribution is 2.46. The summed E-state index contributed by atoms with van der Waals surface area (Å²) in [7, 11) is 1.79. The Morgan fingerprint density at radius 2 is 2.27 bits per heavy atom. The number of aryl methyl sites for hydroxylation is 1. The number of aromatic nitrogens is 1. The molecular weight excluding hydrogens is 194 g/mol. The van der Waals surface area contributed by atoms with Crippen molar-refractivity contribution in [3.05, 3.63) is 11.9 Å². The van der Waals surface area contributed by atoms with E-state index in [4.69, 9.17) is 0 Å². The van der Waals surface area contributed by atoms with Crippen LogP contribution in [0.3, 0.4) is 0 Å². The van der Waals surface area contributed by atoms with Crippen molar-refractivity contribution in [1.82, 2.24) is 4.57 Å². The van der Waals surface area contributed by atoms with E-state index in [0.717, 1.165) is 24.8 Å². The molecular formula is C10H11N3O2. The summed E-state index contributed by atoms with van der Waals surface area (Å²) in [6.07, 6.45) is 4.23. The minimum atomic E-state index is -0.438. The summed E-state index contributed by atoms with van der Waals surface area (Å²) in [5.41, 5.74) is 1.59. The van der Waals surface area contributed by atoms with E-state index in [9.17, 15) is 9.59 Å². The number of hydrogen-bond acceptors (Lipinski definition) is 3. The van der Waals surface area contributed by atoms with Gasteiger partial charge in [-0.15, -0.1) is 0 Å². The van der Waals surface area contributed by atoms with Crippen molar-refractivity contribution >= 4 is 23.6 Å². The molecule has 0 radical (unpaired) electrons. The van der Waals surface area contributed by atoms with Crippen LogP contribution in [0.5, 0.6) is 0 Å². The maximum atomic E-state index is 11.7. The molecule has 1 aliphatic heterocycles. The first-order valence-corrected chi connectivity index (χ1v) is 4.90. The molecule has 5 heteroatoms. The van der Waals surface area contributed by atoms with Crippen LogP contribution < -0.4 is 10.6 Å². The Kier molecular flexibility index (Phi) is 1.37. The number of hydrogen-bond donors (Lipinski definition) is 2. The lowest BCUT2D eigenvalue weighted by atomic mass is 10.1. The van der Waals surface area contributed by atoms with E-state index in [2.05, 4.69) is 10.6 Å². The zero-order valence-electron chi connectivity index (χ0n) is 8.33. The Balaban J connectivity index is 2.13. The van der Waals surface area contributed by atoms with Crippen molar-refractivity contribution in [3.63, 3.8) is 0 Å². The molecule has 2 heterocycles. The molecule has 0 aromatic carbocycles. The highest BCUT2D eigenvalue weighted by molar-refractivity contribution is 6.10. The summed E-state index contributed by atoms with van der Waals surface area (Å²) >= 11 is 0. The smallest absolute Gasteiger partial charge is 0.250 e. The average molecular weight is 205 g/mol. The molecule has 1 fully saturated rings. The van der Waals surface area contributed by atoms with Crippen LogP contribution in [-0.2, 0) is 11.8 Å². The van der Waals surface area contributed by atoms with Crippen molar-refractivity contribution in [3.8, 4) is 0 Å². The fraction of sp³-hybridized carbons (Fsp3) is 0.400. The first-order valence-electron chi connectivity index (χ1n) is 4.90. The second-order valence-electron chi connectivity index (χ2n) is 4.19. The Labute approximate surface area is 86.5 Å². The van der Waals surface area contributed by atoms with Gasteiger partial charge in [-0.2, -0.15) is 0 Å². The zero-order chi connectivity index (χ0) is 10.6. The van der Waals surface area contributed by atoms with Gasteiger partial charge in [-0.05, 0) is 12.8 Å². The van der Waals surface area contributed by atoms with E-state index in [1.807, 2.05) is 0 Å². The van der Waals surface area contributed by atoms with Crippen LogP contribution in [0.1, 0.15) is 23.3 Å². The maximum absolute atomic E-state index is 11.7. The second kappa shape index (κ2) is 2.42. The van der Waals surface area contributed by atoms with Crippen LogP contribution >= 0.6 is 0 Å². The number of nitrogens with one attached hydrogen (secondary N) is 2. The minimum absolute atomic E-state index is 0.0121. The van der Waals surface area contributed by atoms with Crippen LogP contribution in [-0.4, -0.2) is 22.3 Å². The third-order valence-electron chi connectivity index (χ3n) is 3.14. The topological polar surface area (TPSA) is 63.1 Å². The molecule has 15 heavy (non-hydrogen) atoms. The number of anilines is 2. The third kappa shape index (κ3) is 0.973. The van der Waals surface area contributed by atoms with Crippen LogP contribution in [0.2, 0.25) is 0 Å². The van der Waals surface area contributed by atoms with E-state index < -0.39 is 5.54 Å². The number of nitrogens with zero attached hydrogens (tertiary/aromatic N) is 1. The van der Waals surface area contributed by atoms with Gasteiger partial charge in [0.1, 0.15) is 11.2 Å². The van der Waals surface area contributed by atoms with Crippen LogP contribution in [0.15, 0.2) is 6.20 Å². The van der Waals surface area contributed by atoms with Crippen LogP contribution in [0.4, 0.5) is 11.4 Å². The van der Waals surface area contributed by atoms with Gasteiger partial charge >= 0.3 is 0 Å². The lowest BCUT2D eigenvalue weighted by Crippen LogP contribution is -2.40. The summed E-state index contributed by atoms with van der Waals surface area (Å²) in [6, 6.07) is 0. The van der Waals surface area contributed by atoms with Crippen LogP contribution in [0.25, 0.3) is 0 Å². The number of aldehydes is 1. The second-order valence-corrected chi connectivity index (χ2v) is 4.19. The SMILES string of the molecule is Cn1cc2c(c1C=O)NC1(CC1)C(=O)N2. The molecule has 0 atom stereocenters. The van der Waals surface area contributed by atoms with Gasteiger partial charge < -0.3 is 15.2 Å². The van der Waals surface area contributed by atoms with E-state index in [1.165, 1.54) is 0 Å². The summed E-state index contributed by atoms with van der Waals surface area (Å²) in [4.78, 5) is 22.6. The molecule has 3 rings (SSSR count). The monoisotopic (exact) mass is 205 g/mol. The molecule has 2 N–H and O–H groups in total. The molecule has 5 nitrogen and oxygen atoms in total. The predicted molar refractivity (Wildman–Crippen MR) is 55.0 cm³/mol. The van der Waals surface area contributed by atoms with Crippen molar-refractivity contribution in [2.45, 2.75) is 18.4 Å². The molecule has 0 unspecified atom stereocenters. The van der Waals surface area contributed by atoms with E-state index in [-0.39, 0.29) is 5.91 Å². The van der Waals surface area contributed by atoms with Crippen LogP contribution in [0, 0.1) is 0 Å². The number of rotatable bonds is 1. The summed E-state index contributed by atoms with van der Waals surface area (Å²) in [6.45, 7) is 0. The molecule has 78 valence electrons. The van der Waals surface area contributed by atoms with Gasteiger partial charge in [-0.25, -0.2) is 0 Å². The van der Waals surface area contributed by atoms with E-state index in [0.29, 0.717) is 11.4 Å². The first-order chi connectivity index (χ1) is 7.16. The predicted octanol–water partition coefficient (Wildman–Crippen LogP) is 0.734. The number of amides is 1. The van der Waals surface area contributed by atoms with Gasteiger partial charge in [0, 0.05) is 13.2 Å². The number of carbonyl (C=O) groups is 2. The summed E-state index contributed by atoms with van der Waals surface area (Å²) < 4.78 is 1.71. The van der Waals surface area contributed by atoms with Crippen molar-refractivity contribution in [2.75, 3.05) is 10.6 Å². The highest BCUT2D eigenvalue weighted by atomic mass is 16.2. The van der Waals surface area contributed by atoms with Crippen molar-refractivity contribution in [1.29, 1.82) is 0 Å². The normalized spacial score (nSPS) is 20.5.